The van der Waals surface area contributed by atoms with Crippen molar-refractivity contribution in [1.29, 1.82) is 0 Å². The van der Waals surface area contributed by atoms with Gasteiger partial charge in [-0.1, -0.05) is 31.7 Å². The predicted molar refractivity (Wildman–Crippen MR) is 94.8 cm³/mol. The van der Waals surface area contributed by atoms with Gasteiger partial charge in [-0.05, 0) is 50.9 Å². The first-order valence-corrected chi connectivity index (χ1v) is 9.43. The maximum absolute atomic E-state index is 11.2. The summed E-state index contributed by atoms with van der Waals surface area (Å²) in [5.74, 6) is 1.01. The molecule has 2 unspecified atom stereocenters. The fourth-order valence-corrected chi connectivity index (χ4v) is 4.26. The Kier molecular flexibility index (Phi) is 6.13. The zero-order valence-electron chi connectivity index (χ0n) is 14.5. The fraction of sp³-hybridized carbons (Fsp3) is 0.650. The monoisotopic (exact) mass is 331 g/mol. The van der Waals surface area contributed by atoms with Crippen LogP contribution in [0.25, 0.3) is 0 Å². The first kappa shape index (κ1) is 17.3. The van der Waals surface area contributed by atoms with E-state index >= 15 is 0 Å². The van der Waals surface area contributed by atoms with E-state index in [-0.39, 0.29) is 11.3 Å². The number of aromatic hydroxyl groups is 1. The number of carbonyl (C=O) groups is 1. The van der Waals surface area contributed by atoms with Crippen LogP contribution in [-0.2, 0) is 0 Å². The molecule has 0 radical (unpaired) electrons. The number of ether oxygens (including phenoxy) is 1. The van der Waals surface area contributed by atoms with Crippen LogP contribution in [0.1, 0.15) is 61.7 Å². The number of phenolic OH excluding ortho intramolecular Hbond substituents is 1. The third-order valence-electron chi connectivity index (χ3n) is 5.59. The Morgan fingerprint density at radius 1 is 1.08 bits per heavy atom. The summed E-state index contributed by atoms with van der Waals surface area (Å²) < 4.78 is 5.98. The van der Waals surface area contributed by atoms with Crippen molar-refractivity contribution in [3.63, 3.8) is 0 Å². The van der Waals surface area contributed by atoms with Gasteiger partial charge in [-0.25, -0.2) is 0 Å². The largest absolute Gasteiger partial charge is 0.507 e. The summed E-state index contributed by atoms with van der Waals surface area (Å²) in [6, 6.07) is 5.63. The highest BCUT2D eigenvalue weighted by Gasteiger charge is 2.31. The zero-order chi connectivity index (χ0) is 16.8. The summed E-state index contributed by atoms with van der Waals surface area (Å²) in [4.78, 5) is 13.9. The van der Waals surface area contributed by atoms with Gasteiger partial charge in [-0.15, -0.1) is 0 Å². The number of phenols is 1. The van der Waals surface area contributed by atoms with Crippen molar-refractivity contribution < 1.29 is 14.6 Å². The van der Waals surface area contributed by atoms with Crippen LogP contribution >= 0.6 is 0 Å². The molecule has 4 nitrogen and oxygen atoms in total. The molecule has 0 spiro atoms. The van der Waals surface area contributed by atoms with Crippen LogP contribution in [0.15, 0.2) is 18.2 Å². The third-order valence-corrected chi connectivity index (χ3v) is 5.59. The molecule has 1 heterocycles. The molecule has 24 heavy (non-hydrogen) atoms. The molecule has 1 aromatic carbocycles. The molecule has 0 amide bonds. The number of aldehydes is 1. The fourth-order valence-electron chi connectivity index (χ4n) is 4.26. The number of nitrogens with zero attached hydrogens (tertiary/aromatic N) is 1. The third kappa shape index (κ3) is 4.10. The molecule has 0 aromatic heterocycles. The molecule has 3 rings (SSSR count). The van der Waals surface area contributed by atoms with E-state index in [9.17, 15) is 9.90 Å². The molecule has 1 aliphatic heterocycles. The molecule has 1 saturated carbocycles. The lowest BCUT2D eigenvalue weighted by Crippen LogP contribution is -2.45. The highest BCUT2D eigenvalue weighted by molar-refractivity contribution is 5.83. The number of carbonyl (C=O) groups excluding carboxylic acids is 1. The number of benzene rings is 1. The van der Waals surface area contributed by atoms with Crippen molar-refractivity contribution in [2.75, 3.05) is 19.7 Å². The van der Waals surface area contributed by atoms with E-state index in [2.05, 4.69) is 4.90 Å². The molecule has 1 aliphatic carbocycles. The lowest BCUT2D eigenvalue weighted by Gasteiger charge is -2.39. The summed E-state index contributed by atoms with van der Waals surface area (Å²) in [6.45, 7) is 3.06. The van der Waals surface area contributed by atoms with Crippen LogP contribution in [0.3, 0.4) is 0 Å². The van der Waals surface area contributed by atoms with Gasteiger partial charge in [-0.2, -0.15) is 0 Å². The van der Waals surface area contributed by atoms with Gasteiger partial charge in [-0.3, -0.25) is 9.69 Å². The minimum absolute atomic E-state index is 0.00443. The molecule has 132 valence electrons. The van der Waals surface area contributed by atoms with E-state index in [0.717, 1.165) is 0 Å². The number of likely N-dealkylation sites (tertiary alicyclic amines) is 1. The van der Waals surface area contributed by atoms with E-state index in [0.29, 0.717) is 30.6 Å². The SMILES string of the molecule is O=Cc1c(O)cccc1OCC1CCCCC1N1CCCCCC1. The molecule has 0 bridgehead atoms. The smallest absolute Gasteiger partial charge is 0.157 e. The van der Waals surface area contributed by atoms with Crippen LogP contribution in [0.5, 0.6) is 11.5 Å². The van der Waals surface area contributed by atoms with Gasteiger partial charge < -0.3 is 9.84 Å². The van der Waals surface area contributed by atoms with Crippen molar-refractivity contribution in [2.45, 2.75) is 57.4 Å². The van der Waals surface area contributed by atoms with Gasteiger partial charge in [0.25, 0.3) is 0 Å². The van der Waals surface area contributed by atoms with Crippen molar-refractivity contribution in [1.82, 2.24) is 4.90 Å². The average Bonchev–Trinajstić information content (AvgIpc) is 2.89. The van der Waals surface area contributed by atoms with E-state index in [1.165, 1.54) is 70.5 Å². The molecule has 2 aliphatic rings. The molecular formula is C20H29NO3. The van der Waals surface area contributed by atoms with Crippen LogP contribution in [0.2, 0.25) is 0 Å². The minimum Gasteiger partial charge on any atom is -0.507 e. The minimum atomic E-state index is -0.00443. The summed E-state index contributed by atoms with van der Waals surface area (Å²) in [6.07, 6.45) is 11.0. The number of rotatable bonds is 5. The van der Waals surface area contributed by atoms with Gasteiger partial charge in [0.05, 0.1) is 12.2 Å². The molecule has 1 saturated heterocycles. The van der Waals surface area contributed by atoms with Crippen LogP contribution in [-0.4, -0.2) is 42.0 Å². The Morgan fingerprint density at radius 3 is 2.58 bits per heavy atom. The first-order chi connectivity index (χ1) is 11.8. The van der Waals surface area contributed by atoms with Gasteiger partial charge in [0, 0.05) is 12.0 Å². The van der Waals surface area contributed by atoms with E-state index < -0.39 is 0 Å². The first-order valence-electron chi connectivity index (χ1n) is 9.43. The maximum Gasteiger partial charge on any atom is 0.157 e. The molecule has 1 N–H and O–H groups in total. The maximum atomic E-state index is 11.2. The highest BCUT2D eigenvalue weighted by Crippen LogP contribution is 2.32. The topological polar surface area (TPSA) is 49.8 Å². The van der Waals surface area contributed by atoms with Crippen molar-refractivity contribution >= 4 is 6.29 Å². The average molecular weight is 331 g/mol. The van der Waals surface area contributed by atoms with Gasteiger partial charge >= 0.3 is 0 Å². The van der Waals surface area contributed by atoms with Crippen molar-refractivity contribution in [3.05, 3.63) is 23.8 Å². The van der Waals surface area contributed by atoms with Gasteiger partial charge in [0.15, 0.2) is 6.29 Å². The van der Waals surface area contributed by atoms with E-state index in [4.69, 9.17) is 4.74 Å². The lowest BCUT2D eigenvalue weighted by atomic mass is 9.84. The molecule has 1 aromatic rings. The van der Waals surface area contributed by atoms with E-state index in [1.807, 2.05) is 0 Å². The Labute approximate surface area is 144 Å². The number of hydrogen-bond donors (Lipinski definition) is 1. The Morgan fingerprint density at radius 2 is 1.83 bits per heavy atom. The Hall–Kier alpha value is -1.55. The summed E-state index contributed by atoms with van der Waals surface area (Å²) >= 11 is 0. The van der Waals surface area contributed by atoms with Crippen LogP contribution < -0.4 is 4.74 Å². The molecule has 2 fully saturated rings. The summed E-state index contributed by atoms with van der Waals surface area (Å²) in [5.41, 5.74) is 0.264. The van der Waals surface area contributed by atoms with Gasteiger partial charge in [0.1, 0.15) is 11.5 Å². The predicted octanol–water partition coefficient (Wildman–Crippen LogP) is 4.02. The van der Waals surface area contributed by atoms with Crippen molar-refractivity contribution in [2.24, 2.45) is 5.92 Å². The second-order valence-corrected chi connectivity index (χ2v) is 7.18. The summed E-state index contributed by atoms with van der Waals surface area (Å²) in [5, 5.41) is 9.80. The molecular weight excluding hydrogens is 302 g/mol. The second-order valence-electron chi connectivity index (χ2n) is 7.18. The van der Waals surface area contributed by atoms with Gasteiger partial charge in [0.2, 0.25) is 0 Å². The molecule has 4 heteroatoms. The van der Waals surface area contributed by atoms with Crippen LogP contribution in [0.4, 0.5) is 0 Å². The highest BCUT2D eigenvalue weighted by atomic mass is 16.5. The quantitative estimate of drug-likeness (QED) is 0.828. The summed E-state index contributed by atoms with van der Waals surface area (Å²) in [7, 11) is 0. The Bertz CT molecular complexity index is 538. The number of hydrogen-bond acceptors (Lipinski definition) is 4. The van der Waals surface area contributed by atoms with Crippen LogP contribution in [0, 0.1) is 5.92 Å². The standard InChI is InChI=1S/C20H29NO3/c22-14-17-19(23)10-7-11-20(17)24-15-16-8-3-4-9-18(16)21-12-5-1-2-6-13-21/h7,10-11,14,16,18,23H,1-6,8-9,12-13,15H2. The Balaban J connectivity index is 1.66. The lowest BCUT2D eigenvalue weighted by molar-refractivity contribution is 0.0743. The molecule has 2 atom stereocenters. The van der Waals surface area contributed by atoms with E-state index in [1.54, 1.807) is 12.1 Å². The normalized spacial score (nSPS) is 25.8. The zero-order valence-corrected chi connectivity index (χ0v) is 14.5. The second kappa shape index (κ2) is 8.52. The van der Waals surface area contributed by atoms with Crippen molar-refractivity contribution in [3.8, 4) is 11.5 Å².